The van der Waals surface area contributed by atoms with Crippen LogP contribution in [0.15, 0.2) is 12.3 Å². The molecule has 2 atom stereocenters. The number of carbonyl (C=O) groups excluding carboxylic acids is 1. The summed E-state index contributed by atoms with van der Waals surface area (Å²) in [5, 5.41) is 6.98. The molecule has 1 amide bonds. The van der Waals surface area contributed by atoms with Crippen LogP contribution in [0.2, 0.25) is 0 Å². The third kappa shape index (κ3) is 3.75. The van der Waals surface area contributed by atoms with Gasteiger partial charge < -0.3 is 11.1 Å². The van der Waals surface area contributed by atoms with Crippen molar-refractivity contribution in [2.24, 2.45) is 11.8 Å². The number of carbonyl (C=O) groups is 1. The fourth-order valence-electron chi connectivity index (χ4n) is 2.67. The van der Waals surface area contributed by atoms with Gasteiger partial charge in [0.2, 0.25) is 5.91 Å². The zero-order valence-electron chi connectivity index (χ0n) is 10.9. The minimum atomic E-state index is 0.0105. The van der Waals surface area contributed by atoms with Crippen LogP contribution in [-0.2, 0) is 11.3 Å². The molecule has 1 heterocycles. The van der Waals surface area contributed by atoms with Crippen LogP contribution in [0, 0.1) is 11.8 Å². The Kier molecular flexibility index (Phi) is 4.23. The molecule has 1 fully saturated rings. The number of nitrogen functional groups attached to an aromatic ring is 1. The summed E-state index contributed by atoms with van der Waals surface area (Å²) < 4.78 is 1.56. The highest BCUT2D eigenvalue weighted by Gasteiger charge is 2.19. The molecule has 1 aromatic heterocycles. The Morgan fingerprint density at radius 3 is 3.11 bits per heavy atom. The largest absolute Gasteiger partial charge is 0.382 e. The zero-order chi connectivity index (χ0) is 13.0. The first-order chi connectivity index (χ1) is 8.63. The standard InChI is InChI=1S/C13H22N4O/c1-10-3-2-4-11(7-10)8-15-13(18)9-17-6-5-12(14)16-17/h5-6,10-11H,2-4,7-9H2,1H3,(H2,14,16)(H,15,18). The van der Waals surface area contributed by atoms with Gasteiger partial charge in [-0.1, -0.05) is 19.8 Å². The minimum Gasteiger partial charge on any atom is -0.382 e. The monoisotopic (exact) mass is 250 g/mol. The average molecular weight is 250 g/mol. The van der Waals surface area contributed by atoms with Gasteiger partial charge in [-0.3, -0.25) is 9.48 Å². The van der Waals surface area contributed by atoms with Crippen LogP contribution in [0.3, 0.4) is 0 Å². The molecule has 0 bridgehead atoms. The van der Waals surface area contributed by atoms with E-state index >= 15 is 0 Å². The van der Waals surface area contributed by atoms with E-state index in [1.165, 1.54) is 25.7 Å². The van der Waals surface area contributed by atoms with Crippen molar-refractivity contribution in [2.45, 2.75) is 39.2 Å². The predicted octanol–water partition coefficient (Wildman–Crippen LogP) is 1.41. The summed E-state index contributed by atoms with van der Waals surface area (Å²) in [6.45, 7) is 3.33. The maximum atomic E-state index is 11.7. The second kappa shape index (κ2) is 5.89. The molecular weight excluding hydrogens is 228 g/mol. The second-order valence-electron chi connectivity index (χ2n) is 5.38. The van der Waals surface area contributed by atoms with E-state index in [0.717, 1.165) is 12.5 Å². The maximum absolute atomic E-state index is 11.7. The Hall–Kier alpha value is -1.52. The Labute approximate surface area is 108 Å². The molecule has 2 unspecified atom stereocenters. The van der Waals surface area contributed by atoms with Crippen molar-refractivity contribution in [1.29, 1.82) is 0 Å². The van der Waals surface area contributed by atoms with Crippen LogP contribution in [0.25, 0.3) is 0 Å². The smallest absolute Gasteiger partial charge is 0.241 e. The zero-order valence-corrected chi connectivity index (χ0v) is 10.9. The van der Waals surface area contributed by atoms with Crippen molar-refractivity contribution in [3.8, 4) is 0 Å². The number of rotatable bonds is 4. The number of hydrogen-bond donors (Lipinski definition) is 2. The van der Waals surface area contributed by atoms with Gasteiger partial charge in [0.25, 0.3) is 0 Å². The van der Waals surface area contributed by atoms with Crippen molar-refractivity contribution >= 4 is 11.7 Å². The minimum absolute atomic E-state index is 0.0105. The topological polar surface area (TPSA) is 72.9 Å². The van der Waals surface area contributed by atoms with Crippen molar-refractivity contribution in [2.75, 3.05) is 12.3 Å². The van der Waals surface area contributed by atoms with Gasteiger partial charge >= 0.3 is 0 Å². The van der Waals surface area contributed by atoms with Gasteiger partial charge in [0.05, 0.1) is 0 Å². The summed E-state index contributed by atoms with van der Waals surface area (Å²) in [4.78, 5) is 11.7. The third-order valence-electron chi connectivity index (χ3n) is 3.60. The molecule has 0 aromatic carbocycles. The molecule has 1 aromatic rings. The number of anilines is 1. The lowest BCUT2D eigenvalue weighted by atomic mass is 9.82. The molecule has 3 N–H and O–H groups in total. The molecule has 100 valence electrons. The third-order valence-corrected chi connectivity index (χ3v) is 3.60. The maximum Gasteiger partial charge on any atom is 0.241 e. The van der Waals surface area contributed by atoms with E-state index in [0.29, 0.717) is 11.7 Å². The summed E-state index contributed by atoms with van der Waals surface area (Å²) in [6, 6.07) is 1.69. The van der Waals surface area contributed by atoms with Crippen LogP contribution in [0.5, 0.6) is 0 Å². The van der Waals surface area contributed by atoms with Gasteiger partial charge in [0.15, 0.2) is 0 Å². The molecule has 1 aliphatic carbocycles. The first-order valence-corrected chi connectivity index (χ1v) is 6.69. The Morgan fingerprint density at radius 2 is 2.44 bits per heavy atom. The van der Waals surface area contributed by atoms with Crippen molar-refractivity contribution in [3.63, 3.8) is 0 Å². The van der Waals surface area contributed by atoms with Gasteiger partial charge in [-0.05, 0) is 30.7 Å². The fourth-order valence-corrected chi connectivity index (χ4v) is 2.67. The molecule has 18 heavy (non-hydrogen) atoms. The summed E-state index contributed by atoms with van der Waals surface area (Å²) in [5.74, 6) is 1.90. The highest BCUT2D eigenvalue weighted by Crippen LogP contribution is 2.27. The lowest BCUT2D eigenvalue weighted by molar-refractivity contribution is -0.122. The number of nitrogens with two attached hydrogens (primary N) is 1. The van der Waals surface area contributed by atoms with Gasteiger partial charge in [0.1, 0.15) is 12.4 Å². The predicted molar refractivity (Wildman–Crippen MR) is 70.8 cm³/mol. The number of amides is 1. The molecule has 0 spiro atoms. The molecule has 1 saturated carbocycles. The van der Waals surface area contributed by atoms with Crippen LogP contribution < -0.4 is 11.1 Å². The molecule has 0 saturated heterocycles. The molecule has 0 radical (unpaired) electrons. The van der Waals surface area contributed by atoms with E-state index in [4.69, 9.17) is 5.73 Å². The average Bonchev–Trinajstić information content (AvgIpc) is 2.72. The van der Waals surface area contributed by atoms with Crippen LogP contribution >= 0.6 is 0 Å². The fraction of sp³-hybridized carbons (Fsp3) is 0.692. The number of nitrogens with one attached hydrogen (secondary N) is 1. The van der Waals surface area contributed by atoms with Gasteiger partial charge in [-0.2, -0.15) is 5.10 Å². The van der Waals surface area contributed by atoms with Crippen LogP contribution in [-0.4, -0.2) is 22.2 Å². The molecule has 2 rings (SSSR count). The first kappa shape index (κ1) is 12.9. The Morgan fingerprint density at radius 1 is 1.61 bits per heavy atom. The quantitative estimate of drug-likeness (QED) is 0.848. The van der Waals surface area contributed by atoms with E-state index in [9.17, 15) is 4.79 Å². The lowest BCUT2D eigenvalue weighted by Crippen LogP contribution is -2.33. The summed E-state index contributed by atoms with van der Waals surface area (Å²) in [5.41, 5.74) is 5.50. The van der Waals surface area contributed by atoms with Crippen molar-refractivity contribution < 1.29 is 4.79 Å². The second-order valence-corrected chi connectivity index (χ2v) is 5.38. The van der Waals surface area contributed by atoms with Gasteiger partial charge in [-0.15, -0.1) is 0 Å². The normalized spacial score (nSPS) is 23.8. The summed E-state index contributed by atoms with van der Waals surface area (Å²) in [7, 11) is 0. The molecule has 1 aliphatic rings. The van der Waals surface area contributed by atoms with E-state index in [-0.39, 0.29) is 12.5 Å². The lowest BCUT2D eigenvalue weighted by Gasteiger charge is -2.26. The van der Waals surface area contributed by atoms with E-state index in [2.05, 4.69) is 17.3 Å². The van der Waals surface area contributed by atoms with Gasteiger partial charge in [0, 0.05) is 12.7 Å². The number of hydrogen-bond acceptors (Lipinski definition) is 3. The van der Waals surface area contributed by atoms with Crippen LogP contribution in [0.4, 0.5) is 5.82 Å². The number of nitrogens with zero attached hydrogens (tertiary/aromatic N) is 2. The van der Waals surface area contributed by atoms with E-state index in [1.807, 2.05) is 0 Å². The van der Waals surface area contributed by atoms with Crippen LogP contribution in [0.1, 0.15) is 32.6 Å². The molecule has 0 aliphatic heterocycles. The Balaban J connectivity index is 1.71. The number of aromatic nitrogens is 2. The van der Waals surface area contributed by atoms with E-state index < -0.39 is 0 Å². The summed E-state index contributed by atoms with van der Waals surface area (Å²) in [6.07, 6.45) is 6.81. The molecular formula is C13H22N4O. The Bertz CT molecular complexity index is 401. The molecule has 5 nitrogen and oxygen atoms in total. The van der Waals surface area contributed by atoms with Crippen molar-refractivity contribution in [3.05, 3.63) is 12.3 Å². The highest BCUT2D eigenvalue weighted by atomic mass is 16.2. The van der Waals surface area contributed by atoms with Crippen molar-refractivity contribution in [1.82, 2.24) is 15.1 Å². The first-order valence-electron chi connectivity index (χ1n) is 6.69. The molecule has 5 heteroatoms. The van der Waals surface area contributed by atoms with Gasteiger partial charge in [-0.25, -0.2) is 0 Å². The summed E-state index contributed by atoms with van der Waals surface area (Å²) >= 11 is 0. The highest BCUT2D eigenvalue weighted by molar-refractivity contribution is 5.75. The van der Waals surface area contributed by atoms with E-state index in [1.54, 1.807) is 16.9 Å². The SMILES string of the molecule is CC1CCCC(CNC(=O)Cn2ccc(N)n2)C1.